The van der Waals surface area contributed by atoms with Crippen LogP contribution in [0.1, 0.15) is 35.4 Å². The summed E-state index contributed by atoms with van der Waals surface area (Å²) in [6.07, 6.45) is 2.84. The predicted molar refractivity (Wildman–Crippen MR) is 84.5 cm³/mol. The summed E-state index contributed by atoms with van der Waals surface area (Å²) in [5, 5.41) is 12.6. The normalized spacial score (nSPS) is 16.0. The molecular weight excluding hydrogens is 278 g/mol. The van der Waals surface area contributed by atoms with Crippen molar-refractivity contribution in [3.63, 3.8) is 0 Å². The van der Waals surface area contributed by atoms with E-state index in [-0.39, 0.29) is 11.7 Å². The molecule has 4 rings (SSSR count). The summed E-state index contributed by atoms with van der Waals surface area (Å²) in [4.78, 5) is 15.0. The molecule has 3 heterocycles. The third-order valence-corrected chi connectivity index (χ3v) is 4.17. The van der Waals surface area contributed by atoms with Gasteiger partial charge in [0.05, 0.1) is 6.04 Å². The Morgan fingerprint density at radius 3 is 2.91 bits per heavy atom. The van der Waals surface area contributed by atoms with Crippen LogP contribution >= 0.6 is 0 Å². The molecule has 1 unspecified atom stereocenters. The molecule has 0 aliphatic carbocycles. The minimum atomic E-state index is -0.568. The number of anilines is 1. The fraction of sp³-hybridized carbons (Fsp3) is 0.188. The number of hydrogen-bond donors (Lipinski definition) is 3. The maximum absolute atomic E-state index is 11.8. The van der Waals surface area contributed by atoms with Crippen LogP contribution in [0.15, 0.2) is 30.5 Å². The van der Waals surface area contributed by atoms with Gasteiger partial charge in [-0.25, -0.2) is 0 Å². The van der Waals surface area contributed by atoms with Crippen LogP contribution in [0.2, 0.25) is 0 Å². The molecule has 2 aromatic heterocycles. The lowest BCUT2D eigenvalue weighted by molar-refractivity contribution is 0.0995. The van der Waals surface area contributed by atoms with Gasteiger partial charge in [0, 0.05) is 34.0 Å². The number of aromatic amines is 1. The van der Waals surface area contributed by atoms with E-state index in [2.05, 4.69) is 27.4 Å². The van der Waals surface area contributed by atoms with Crippen LogP contribution < -0.4 is 11.1 Å². The summed E-state index contributed by atoms with van der Waals surface area (Å²) < 4.78 is 0. The second-order valence-electron chi connectivity index (χ2n) is 5.41. The molecule has 0 bridgehead atoms. The predicted octanol–water partition coefficient (Wildman–Crippen LogP) is 2.60. The molecule has 110 valence electrons. The van der Waals surface area contributed by atoms with E-state index in [4.69, 9.17) is 5.73 Å². The van der Waals surface area contributed by atoms with Crippen molar-refractivity contribution in [2.24, 2.45) is 5.73 Å². The van der Waals surface area contributed by atoms with Gasteiger partial charge in [0.15, 0.2) is 11.3 Å². The number of rotatable bonds is 2. The van der Waals surface area contributed by atoms with Gasteiger partial charge in [-0.15, -0.1) is 10.2 Å². The van der Waals surface area contributed by atoms with Crippen LogP contribution in [-0.2, 0) is 0 Å². The lowest BCUT2D eigenvalue weighted by Gasteiger charge is -2.16. The zero-order chi connectivity index (χ0) is 15.3. The largest absolute Gasteiger partial charge is 0.378 e. The van der Waals surface area contributed by atoms with Gasteiger partial charge < -0.3 is 16.0 Å². The zero-order valence-electron chi connectivity index (χ0n) is 12.1. The number of benzene rings is 1. The Balaban J connectivity index is 2.19. The fourth-order valence-electron chi connectivity index (χ4n) is 3.16. The van der Waals surface area contributed by atoms with Crippen LogP contribution in [-0.4, -0.2) is 21.1 Å². The number of carbonyl (C=O) groups is 1. The Morgan fingerprint density at radius 2 is 2.14 bits per heavy atom. The molecule has 1 aliphatic rings. The average molecular weight is 293 g/mol. The van der Waals surface area contributed by atoms with Crippen molar-refractivity contribution in [1.82, 2.24) is 15.2 Å². The number of H-pyrrole nitrogens is 1. The van der Waals surface area contributed by atoms with Crippen molar-refractivity contribution in [3.8, 4) is 11.1 Å². The van der Waals surface area contributed by atoms with Gasteiger partial charge in [-0.2, -0.15) is 0 Å². The van der Waals surface area contributed by atoms with Crippen molar-refractivity contribution < 1.29 is 4.79 Å². The molecule has 0 radical (unpaired) electrons. The summed E-state index contributed by atoms with van der Waals surface area (Å²) in [6.45, 7) is 2.12. The van der Waals surface area contributed by atoms with Crippen LogP contribution in [0, 0.1) is 0 Å². The Hall–Kier alpha value is -2.89. The summed E-state index contributed by atoms with van der Waals surface area (Å²) in [5.41, 5.74) is 10.1. The second-order valence-corrected chi connectivity index (χ2v) is 5.41. The molecule has 1 amide bonds. The first kappa shape index (κ1) is 12.8. The Morgan fingerprint density at radius 1 is 1.32 bits per heavy atom. The lowest BCUT2D eigenvalue weighted by Crippen LogP contribution is -2.15. The van der Waals surface area contributed by atoms with Crippen molar-refractivity contribution in [3.05, 3.63) is 41.7 Å². The number of para-hydroxylation sites is 1. The Kier molecular flexibility index (Phi) is 2.66. The maximum Gasteiger partial charge on any atom is 0.269 e. The number of carbonyl (C=O) groups excluding carboxylic acids is 1. The van der Waals surface area contributed by atoms with E-state index >= 15 is 0 Å². The van der Waals surface area contributed by atoms with Gasteiger partial charge in [-0.05, 0) is 12.5 Å². The molecule has 1 atom stereocenters. The molecular formula is C16H15N5O. The first-order valence-corrected chi connectivity index (χ1v) is 7.24. The van der Waals surface area contributed by atoms with E-state index in [1.54, 1.807) is 0 Å². The van der Waals surface area contributed by atoms with Crippen molar-refractivity contribution >= 4 is 22.6 Å². The maximum atomic E-state index is 11.8. The molecule has 3 aromatic rings. The highest BCUT2D eigenvalue weighted by atomic mass is 16.1. The summed E-state index contributed by atoms with van der Waals surface area (Å²) in [5.74, 6) is -0.568. The van der Waals surface area contributed by atoms with Crippen LogP contribution in [0.3, 0.4) is 0 Å². The number of nitrogens with one attached hydrogen (secondary N) is 2. The molecule has 22 heavy (non-hydrogen) atoms. The molecule has 4 N–H and O–H groups in total. The highest BCUT2D eigenvalue weighted by Crippen LogP contribution is 2.43. The Bertz CT molecular complexity index is 899. The molecule has 6 heteroatoms. The lowest BCUT2D eigenvalue weighted by atomic mass is 9.97. The highest BCUT2D eigenvalue weighted by Gasteiger charge is 2.28. The van der Waals surface area contributed by atoms with E-state index in [1.165, 1.54) is 0 Å². The molecule has 6 nitrogen and oxygen atoms in total. The van der Waals surface area contributed by atoms with Crippen LogP contribution in [0.5, 0.6) is 0 Å². The van der Waals surface area contributed by atoms with Crippen LogP contribution in [0.4, 0.5) is 5.69 Å². The first-order chi connectivity index (χ1) is 10.7. The van der Waals surface area contributed by atoms with Crippen molar-refractivity contribution in [2.45, 2.75) is 19.4 Å². The van der Waals surface area contributed by atoms with E-state index in [0.29, 0.717) is 5.65 Å². The van der Waals surface area contributed by atoms with E-state index in [1.807, 2.05) is 30.5 Å². The summed E-state index contributed by atoms with van der Waals surface area (Å²) in [7, 11) is 0. The van der Waals surface area contributed by atoms with Gasteiger partial charge >= 0.3 is 0 Å². The zero-order valence-corrected chi connectivity index (χ0v) is 12.1. The molecule has 1 aromatic carbocycles. The van der Waals surface area contributed by atoms with Crippen molar-refractivity contribution in [1.29, 1.82) is 0 Å². The number of nitrogens with two attached hydrogens (primary N) is 1. The highest BCUT2D eigenvalue weighted by molar-refractivity contribution is 6.09. The third kappa shape index (κ3) is 1.64. The van der Waals surface area contributed by atoms with Gasteiger partial charge in [0.25, 0.3) is 5.91 Å². The van der Waals surface area contributed by atoms with Crippen molar-refractivity contribution in [2.75, 3.05) is 5.32 Å². The molecule has 0 saturated heterocycles. The number of hydrogen-bond acceptors (Lipinski definition) is 4. The van der Waals surface area contributed by atoms with Gasteiger partial charge in [0.1, 0.15) is 0 Å². The van der Waals surface area contributed by atoms with E-state index < -0.39 is 5.91 Å². The fourth-order valence-corrected chi connectivity index (χ4v) is 3.16. The van der Waals surface area contributed by atoms with Gasteiger partial charge in [-0.1, -0.05) is 25.1 Å². The number of aromatic nitrogens is 3. The molecule has 0 saturated carbocycles. The van der Waals surface area contributed by atoms with Gasteiger partial charge in [0.2, 0.25) is 0 Å². The third-order valence-electron chi connectivity index (χ3n) is 4.17. The summed E-state index contributed by atoms with van der Waals surface area (Å²) >= 11 is 0. The average Bonchev–Trinajstić information content (AvgIpc) is 2.89. The van der Waals surface area contributed by atoms with Crippen LogP contribution in [0.25, 0.3) is 22.2 Å². The quantitative estimate of drug-likeness (QED) is 0.676. The summed E-state index contributed by atoms with van der Waals surface area (Å²) in [6, 6.07) is 8.03. The molecule has 0 spiro atoms. The minimum absolute atomic E-state index is 0.140. The minimum Gasteiger partial charge on any atom is -0.378 e. The first-order valence-electron chi connectivity index (χ1n) is 7.24. The standard InChI is InChI=1S/C16H15N5O/c1-2-10-9-7-18-16-13(9)12(14(15(17)22)20-21-16)8-5-3-4-6-11(8)19-10/h3-7,10,19H,2H2,1H3,(H2,17,22)(H,18,21). The number of primary amides is 1. The number of nitrogens with zero attached hydrogens (tertiary/aromatic N) is 2. The second kappa shape index (κ2) is 4.56. The van der Waals surface area contributed by atoms with E-state index in [9.17, 15) is 4.79 Å². The number of amides is 1. The topological polar surface area (TPSA) is 96.7 Å². The molecule has 0 fully saturated rings. The SMILES string of the molecule is CCC1Nc2ccccc2-c2c(C(N)=O)nnc3[nH]cc1c23. The monoisotopic (exact) mass is 293 g/mol. The van der Waals surface area contributed by atoms with Gasteiger partial charge in [-0.3, -0.25) is 4.79 Å². The van der Waals surface area contributed by atoms with E-state index in [0.717, 1.165) is 34.2 Å². The smallest absolute Gasteiger partial charge is 0.269 e. The number of fused-ring (bicyclic) bond motifs is 2. The molecule has 1 aliphatic heterocycles. The Labute approximate surface area is 126 Å².